The Balaban J connectivity index is 0.00000146. The second-order valence-electron chi connectivity index (χ2n) is 7.07. The van der Waals surface area contributed by atoms with Crippen LogP contribution in [0.25, 0.3) is 0 Å². The van der Waals surface area contributed by atoms with E-state index in [1.807, 2.05) is 27.7 Å². The van der Waals surface area contributed by atoms with Crippen molar-refractivity contribution >= 4 is 5.97 Å². The van der Waals surface area contributed by atoms with Gasteiger partial charge in [-0.25, -0.2) is 0 Å². The van der Waals surface area contributed by atoms with Gasteiger partial charge in [-0.3, -0.25) is 4.79 Å². The molecule has 0 aromatic carbocycles. The maximum atomic E-state index is 11.9. The summed E-state index contributed by atoms with van der Waals surface area (Å²) in [6, 6.07) is 0. The second-order valence-corrected chi connectivity index (χ2v) is 7.07. The fraction of sp³-hybridized carbons (Fsp3) is 0.957. The summed E-state index contributed by atoms with van der Waals surface area (Å²) in [5.74, 6) is 0.122. The number of carbonyl (C=O) groups is 1. The predicted octanol–water partition coefficient (Wildman–Crippen LogP) is 7.07. The highest BCUT2D eigenvalue weighted by atomic mass is 16.6. The Hall–Kier alpha value is -0.570. The molecule has 0 aromatic rings. The monoisotopic (exact) mass is 370 g/mol. The Labute approximate surface area is 163 Å². The molecule has 3 atom stereocenters. The molecule has 3 nitrogen and oxygen atoms in total. The van der Waals surface area contributed by atoms with Crippen LogP contribution in [0.1, 0.15) is 118 Å². The van der Waals surface area contributed by atoms with Gasteiger partial charge in [0, 0.05) is 0 Å². The molecule has 1 aliphatic heterocycles. The highest BCUT2D eigenvalue weighted by Crippen LogP contribution is 2.39. The van der Waals surface area contributed by atoms with Gasteiger partial charge in [0.2, 0.25) is 0 Å². The smallest absolute Gasteiger partial charge is 0.309 e. The van der Waals surface area contributed by atoms with Crippen LogP contribution in [0.4, 0.5) is 0 Å². The third-order valence-electron chi connectivity index (χ3n) is 5.08. The topological polar surface area (TPSA) is 38.8 Å². The number of hydrogen-bond acceptors (Lipinski definition) is 3. The van der Waals surface area contributed by atoms with Gasteiger partial charge in [0.05, 0.1) is 24.7 Å². The van der Waals surface area contributed by atoms with Gasteiger partial charge in [-0.05, 0) is 25.7 Å². The first-order chi connectivity index (χ1) is 12.8. The molecule has 1 aliphatic carbocycles. The molecular formula is C23H46O3. The Morgan fingerprint density at radius 2 is 1.35 bits per heavy atom. The number of hydrogen-bond donors (Lipinski definition) is 0. The van der Waals surface area contributed by atoms with Crippen molar-refractivity contribution in [2.45, 2.75) is 130 Å². The fourth-order valence-corrected chi connectivity index (χ4v) is 3.50. The Morgan fingerprint density at radius 1 is 0.808 bits per heavy atom. The van der Waals surface area contributed by atoms with E-state index in [1.54, 1.807) is 0 Å². The standard InChI is InChI=1S/C19H34O3.2C2H6/c1-2-3-4-5-6-7-8-9-10-11-14-21-19(20)16-12-13-17-18(15-16)22-17;2*1-2/h16-18H,2-15H2,1H3;2*1-2H3. The predicted molar refractivity (Wildman–Crippen MR) is 112 cm³/mol. The summed E-state index contributed by atoms with van der Waals surface area (Å²) in [5.41, 5.74) is 0. The van der Waals surface area contributed by atoms with Crippen molar-refractivity contribution in [1.29, 1.82) is 0 Å². The molecule has 2 aliphatic rings. The van der Waals surface area contributed by atoms with Crippen molar-refractivity contribution < 1.29 is 14.3 Å². The van der Waals surface area contributed by atoms with Crippen molar-refractivity contribution in [3.05, 3.63) is 0 Å². The number of unbranched alkanes of at least 4 members (excludes halogenated alkanes) is 9. The number of esters is 1. The van der Waals surface area contributed by atoms with Crippen LogP contribution >= 0.6 is 0 Å². The summed E-state index contributed by atoms with van der Waals surface area (Å²) in [4.78, 5) is 11.9. The number of rotatable bonds is 12. The number of carbonyl (C=O) groups excluding carboxylic acids is 1. The van der Waals surface area contributed by atoms with Crippen molar-refractivity contribution in [3.8, 4) is 0 Å². The van der Waals surface area contributed by atoms with E-state index >= 15 is 0 Å². The van der Waals surface area contributed by atoms with Crippen molar-refractivity contribution in [2.24, 2.45) is 5.92 Å². The van der Waals surface area contributed by atoms with E-state index in [1.165, 1.54) is 57.8 Å². The quantitative estimate of drug-likeness (QED) is 0.209. The normalized spacial score (nSPS) is 22.9. The van der Waals surface area contributed by atoms with Gasteiger partial charge in [-0.15, -0.1) is 0 Å². The van der Waals surface area contributed by atoms with Crippen LogP contribution in [-0.4, -0.2) is 24.8 Å². The van der Waals surface area contributed by atoms with Crippen molar-refractivity contribution in [3.63, 3.8) is 0 Å². The zero-order valence-corrected chi connectivity index (χ0v) is 18.4. The third kappa shape index (κ3) is 11.9. The Bertz CT molecular complexity index is 317. The Kier molecular flexibility index (Phi) is 17.4. The van der Waals surface area contributed by atoms with Crippen LogP contribution in [0.2, 0.25) is 0 Å². The third-order valence-corrected chi connectivity index (χ3v) is 5.08. The molecule has 1 saturated heterocycles. The van der Waals surface area contributed by atoms with Crippen LogP contribution < -0.4 is 0 Å². The van der Waals surface area contributed by atoms with Gasteiger partial charge in [-0.1, -0.05) is 92.4 Å². The number of epoxide rings is 1. The maximum Gasteiger partial charge on any atom is 0.309 e. The zero-order chi connectivity index (χ0) is 19.6. The van der Waals surface area contributed by atoms with Crippen LogP contribution in [0.5, 0.6) is 0 Å². The van der Waals surface area contributed by atoms with E-state index in [-0.39, 0.29) is 11.9 Å². The molecule has 26 heavy (non-hydrogen) atoms. The summed E-state index contributed by atoms with van der Waals surface area (Å²) in [6.45, 7) is 10.9. The summed E-state index contributed by atoms with van der Waals surface area (Å²) < 4.78 is 10.9. The molecule has 1 heterocycles. The van der Waals surface area contributed by atoms with E-state index in [9.17, 15) is 4.79 Å². The highest BCUT2D eigenvalue weighted by molar-refractivity contribution is 5.72. The van der Waals surface area contributed by atoms with E-state index in [0.29, 0.717) is 18.8 Å². The SMILES string of the molecule is CC.CC.CCCCCCCCCCCCOC(=O)C1CCC2OC2C1. The minimum atomic E-state index is 0.0184. The van der Waals surface area contributed by atoms with E-state index in [0.717, 1.165) is 25.7 Å². The van der Waals surface area contributed by atoms with Gasteiger partial charge in [0.15, 0.2) is 0 Å². The van der Waals surface area contributed by atoms with Gasteiger partial charge in [-0.2, -0.15) is 0 Å². The average molecular weight is 371 g/mol. The van der Waals surface area contributed by atoms with Crippen molar-refractivity contribution in [2.75, 3.05) is 6.61 Å². The number of fused-ring (bicyclic) bond motifs is 1. The first kappa shape index (κ1) is 25.4. The molecule has 0 amide bonds. The van der Waals surface area contributed by atoms with Gasteiger partial charge >= 0.3 is 5.97 Å². The van der Waals surface area contributed by atoms with Crippen LogP contribution in [0.15, 0.2) is 0 Å². The van der Waals surface area contributed by atoms with E-state index in [4.69, 9.17) is 9.47 Å². The molecule has 0 radical (unpaired) electrons. The van der Waals surface area contributed by atoms with Gasteiger partial charge in [0.25, 0.3) is 0 Å². The summed E-state index contributed by atoms with van der Waals surface area (Å²) in [6.07, 6.45) is 16.8. The van der Waals surface area contributed by atoms with Crippen LogP contribution in [-0.2, 0) is 14.3 Å². The zero-order valence-electron chi connectivity index (χ0n) is 18.4. The molecular weight excluding hydrogens is 324 g/mol. The lowest BCUT2D eigenvalue weighted by atomic mass is 9.89. The van der Waals surface area contributed by atoms with Gasteiger partial charge in [0.1, 0.15) is 0 Å². The first-order valence-electron chi connectivity index (χ1n) is 11.6. The van der Waals surface area contributed by atoms with Crippen LogP contribution in [0.3, 0.4) is 0 Å². The Morgan fingerprint density at radius 3 is 1.88 bits per heavy atom. The summed E-state index contributed by atoms with van der Waals surface area (Å²) in [7, 11) is 0. The molecule has 0 N–H and O–H groups in total. The minimum Gasteiger partial charge on any atom is -0.465 e. The molecule has 3 heteroatoms. The molecule has 2 fully saturated rings. The molecule has 3 unspecified atom stereocenters. The molecule has 1 saturated carbocycles. The first-order valence-corrected chi connectivity index (χ1v) is 11.6. The van der Waals surface area contributed by atoms with Gasteiger partial charge < -0.3 is 9.47 Å². The molecule has 0 aromatic heterocycles. The lowest BCUT2D eigenvalue weighted by molar-refractivity contribution is -0.149. The fourth-order valence-electron chi connectivity index (χ4n) is 3.50. The lowest BCUT2D eigenvalue weighted by Crippen LogP contribution is -2.24. The lowest BCUT2D eigenvalue weighted by Gasteiger charge is -2.17. The molecule has 0 spiro atoms. The van der Waals surface area contributed by atoms with E-state index < -0.39 is 0 Å². The van der Waals surface area contributed by atoms with Crippen LogP contribution in [0, 0.1) is 5.92 Å². The highest BCUT2D eigenvalue weighted by Gasteiger charge is 2.46. The largest absolute Gasteiger partial charge is 0.465 e. The molecule has 2 rings (SSSR count). The van der Waals surface area contributed by atoms with Crippen molar-refractivity contribution in [1.82, 2.24) is 0 Å². The molecule has 156 valence electrons. The number of ether oxygens (including phenoxy) is 2. The van der Waals surface area contributed by atoms with E-state index in [2.05, 4.69) is 6.92 Å². The second kappa shape index (κ2) is 17.8. The maximum absolute atomic E-state index is 11.9. The average Bonchev–Trinajstić information content (AvgIpc) is 3.48. The minimum absolute atomic E-state index is 0.0184. The summed E-state index contributed by atoms with van der Waals surface area (Å²) in [5, 5.41) is 0. The summed E-state index contributed by atoms with van der Waals surface area (Å²) >= 11 is 0. The molecule has 0 bridgehead atoms.